The number of esters is 1. The number of carbonyl (C=O) groups is 2. The molecular weight excluding hydrogens is 379 g/mol. The summed E-state index contributed by atoms with van der Waals surface area (Å²) in [6.45, 7) is -1.21. The molecule has 154 valence electrons. The van der Waals surface area contributed by atoms with Gasteiger partial charge in [0.15, 0.2) is 0 Å². The number of carboxylic acid groups (broad SMARTS) is 1. The van der Waals surface area contributed by atoms with Crippen molar-refractivity contribution in [1.29, 1.82) is 0 Å². The molecule has 0 aromatic carbocycles. The molecule has 0 saturated heterocycles. The molecule has 1 unspecified atom stereocenters. The Kier molecular flexibility index (Phi) is 5.15. The molecule has 27 heavy (non-hydrogen) atoms. The van der Waals surface area contributed by atoms with E-state index in [2.05, 4.69) is 9.47 Å². The van der Waals surface area contributed by atoms with Crippen molar-refractivity contribution >= 4 is 11.9 Å². The van der Waals surface area contributed by atoms with Crippen LogP contribution in [0.2, 0.25) is 0 Å². The third-order valence-electron chi connectivity index (χ3n) is 6.00. The van der Waals surface area contributed by atoms with Crippen LogP contribution in [0.4, 0.5) is 22.0 Å². The van der Waals surface area contributed by atoms with Crippen molar-refractivity contribution < 1.29 is 46.1 Å². The topological polar surface area (TPSA) is 72.8 Å². The van der Waals surface area contributed by atoms with Crippen LogP contribution in [0, 0.1) is 23.2 Å². The quantitative estimate of drug-likeness (QED) is 0.400. The summed E-state index contributed by atoms with van der Waals surface area (Å²) < 4.78 is 73.8. The van der Waals surface area contributed by atoms with E-state index < -0.39 is 48.8 Å². The number of carboxylic acids is 1. The van der Waals surface area contributed by atoms with Gasteiger partial charge in [-0.15, -0.1) is 0 Å². The van der Waals surface area contributed by atoms with Gasteiger partial charge in [-0.2, -0.15) is 13.2 Å². The van der Waals surface area contributed by atoms with E-state index in [-0.39, 0.29) is 17.8 Å². The van der Waals surface area contributed by atoms with Crippen LogP contribution in [-0.2, 0) is 19.1 Å². The zero-order valence-electron chi connectivity index (χ0n) is 14.4. The van der Waals surface area contributed by atoms with E-state index in [0.29, 0.717) is 19.3 Å². The number of hydrogen-bond donors (Lipinski definition) is 1. The minimum absolute atomic E-state index is 0.216. The Morgan fingerprint density at radius 1 is 1.04 bits per heavy atom. The number of carbonyl (C=O) groups excluding carboxylic acids is 1. The van der Waals surface area contributed by atoms with Gasteiger partial charge < -0.3 is 14.6 Å². The van der Waals surface area contributed by atoms with Crippen molar-refractivity contribution in [3.05, 3.63) is 0 Å². The highest BCUT2D eigenvalue weighted by Gasteiger charge is 2.69. The predicted molar refractivity (Wildman–Crippen MR) is 79.7 cm³/mol. The third kappa shape index (κ3) is 3.64. The van der Waals surface area contributed by atoms with Crippen molar-refractivity contribution in [3.8, 4) is 0 Å². The Morgan fingerprint density at radius 2 is 1.52 bits per heavy atom. The Balaban J connectivity index is 1.83. The summed E-state index contributed by atoms with van der Waals surface area (Å²) in [6, 6.07) is 0. The summed E-state index contributed by atoms with van der Waals surface area (Å²) >= 11 is 0. The van der Waals surface area contributed by atoms with E-state index in [1.165, 1.54) is 0 Å². The van der Waals surface area contributed by atoms with E-state index >= 15 is 0 Å². The van der Waals surface area contributed by atoms with Gasteiger partial charge in [0.05, 0.1) is 12.0 Å². The zero-order chi connectivity index (χ0) is 20.0. The number of alkyl halides is 5. The highest BCUT2D eigenvalue weighted by Crippen LogP contribution is 2.60. The molecule has 0 radical (unpaired) electrons. The van der Waals surface area contributed by atoms with E-state index in [0.717, 1.165) is 19.3 Å². The van der Waals surface area contributed by atoms with Crippen molar-refractivity contribution in [3.63, 3.8) is 0 Å². The number of hydrogen-bond acceptors (Lipinski definition) is 4. The lowest BCUT2D eigenvalue weighted by molar-refractivity contribution is -0.358. The van der Waals surface area contributed by atoms with Crippen molar-refractivity contribution in [2.24, 2.45) is 23.2 Å². The van der Waals surface area contributed by atoms with Gasteiger partial charge in [0.2, 0.25) is 6.43 Å². The lowest BCUT2D eigenvalue weighted by atomic mass is 9.49. The monoisotopic (exact) mass is 400 g/mol. The van der Waals surface area contributed by atoms with Crippen LogP contribution in [0.15, 0.2) is 0 Å². The highest BCUT2D eigenvalue weighted by molar-refractivity contribution is 5.84. The fourth-order valence-corrected chi connectivity index (χ4v) is 5.29. The molecule has 4 aliphatic rings. The van der Waals surface area contributed by atoms with Gasteiger partial charge in [0.25, 0.3) is 0 Å². The van der Waals surface area contributed by atoms with E-state index in [9.17, 15) is 31.5 Å². The predicted octanol–water partition coefficient (Wildman–Crippen LogP) is 3.76. The number of ether oxygens (including phenoxy) is 2. The maximum atomic E-state index is 13.5. The maximum Gasteiger partial charge on any atom is 0.468 e. The lowest BCUT2D eigenvalue weighted by Crippen LogP contribution is -2.60. The summed E-state index contributed by atoms with van der Waals surface area (Å²) in [4.78, 5) is 24.1. The van der Waals surface area contributed by atoms with E-state index in [4.69, 9.17) is 5.11 Å². The molecule has 0 spiro atoms. The van der Waals surface area contributed by atoms with Gasteiger partial charge in [-0.3, -0.25) is 4.79 Å². The van der Waals surface area contributed by atoms with Gasteiger partial charge in [-0.25, -0.2) is 13.6 Å². The molecule has 4 rings (SSSR count). The maximum absolute atomic E-state index is 13.5. The summed E-state index contributed by atoms with van der Waals surface area (Å²) in [5.41, 5.74) is -1.15. The van der Waals surface area contributed by atoms with Crippen LogP contribution in [0.1, 0.15) is 44.9 Å². The van der Waals surface area contributed by atoms with Crippen molar-refractivity contribution in [2.45, 2.75) is 63.3 Å². The molecule has 0 amide bonds. The van der Waals surface area contributed by atoms with Gasteiger partial charge >= 0.3 is 23.9 Å². The van der Waals surface area contributed by atoms with Gasteiger partial charge in [0.1, 0.15) is 0 Å². The highest BCUT2D eigenvalue weighted by atomic mass is 19.4. The zero-order valence-corrected chi connectivity index (χ0v) is 14.4. The molecule has 1 N–H and O–H groups in total. The first kappa shape index (κ1) is 20.3. The first-order valence-electron chi connectivity index (χ1n) is 8.93. The summed E-state index contributed by atoms with van der Waals surface area (Å²) in [7, 11) is 0. The van der Waals surface area contributed by atoms with Crippen LogP contribution in [0.5, 0.6) is 0 Å². The van der Waals surface area contributed by atoms with Crippen LogP contribution < -0.4 is 0 Å². The van der Waals surface area contributed by atoms with Gasteiger partial charge in [-0.05, 0) is 56.3 Å². The Hall–Kier alpha value is -1.45. The normalized spacial score (nSPS) is 34.5. The molecular formula is C17H21F5O5. The molecule has 4 saturated carbocycles. The molecule has 0 aliphatic heterocycles. The van der Waals surface area contributed by atoms with E-state index in [1.54, 1.807) is 0 Å². The minimum Gasteiger partial charge on any atom is -0.476 e. The molecule has 4 fully saturated rings. The Labute approximate surface area is 152 Å². The summed E-state index contributed by atoms with van der Waals surface area (Å²) in [5, 5.41) is 9.15. The molecule has 1 atom stereocenters. The first-order valence-corrected chi connectivity index (χ1v) is 8.93. The SMILES string of the molecule is O=C(OC(OCCC(F)F)(C(=O)O)C(F)(F)F)C12CC3CC(CC(C3)C1)C2. The molecule has 10 heteroatoms. The molecule has 0 heterocycles. The number of aliphatic carboxylic acids is 1. The van der Waals surface area contributed by atoms with E-state index in [1.807, 2.05) is 0 Å². The molecule has 4 aliphatic carbocycles. The van der Waals surface area contributed by atoms with Crippen LogP contribution in [-0.4, -0.2) is 42.0 Å². The Bertz CT molecular complexity index is 570. The third-order valence-corrected chi connectivity index (χ3v) is 6.00. The summed E-state index contributed by atoms with van der Waals surface area (Å²) in [5.74, 6) is -7.46. The largest absolute Gasteiger partial charge is 0.476 e. The van der Waals surface area contributed by atoms with Crippen LogP contribution in [0.3, 0.4) is 0 Å². The second-order valence-corrected chi connectivity index (χ2v) is 8.04. The number of halogens is 5. The number of rotatable bonds is 7. The second-order valence-electron chi connectivity index (χ2n) is 8.04. The second kappa shape index (κ2) is 6.86. The minimum atomic E-state index is -5.61. The van der Waals surface area contributed by atoms with Crippen molar-refractivity contribution in [1.82, 2.24) is 0 Å². The fourth-order valence-electron chi connectivity index (χ4n) is 5.29. The van der Waals surface area contributed by atoms with Gasteiger partial charge in [-0.1, -0.05) is 0 Å². The van der Waals surface area contributed by atoms with Crippen molar-refractivity contribution in [2.75, 3.05) is 6.61 Å². The van der Waals surface area contributed by atoms with Crippen LogP contribution in [0.25, 0.3) is 0 Å². The van der Waals surface area contributed by atoms with Crippen LogP contribution >= 0.6 is 0 Å². The molecule has 5 nitrogen and oxygen atoms in total. The molecule has 0 aromatic rings. The fraction of sp³-hybridized carbons (Fsp3) is 0.882. The Morgan fingerprint density at radius 3 is 1.89 bits per heavy atom. The lowest BCUT2D eigenvalue weighted by Gasteiger charge is -2.55. The summed E-state index contributed by atoms with van der Waals surface area (Å²) in [6.07, 6.45) is -5.86. The average molecular weight is 400 g/mol. The standard InChI is InChI=1S/C17H21F5O5/c18-12(19)1-2-26-16(13(23)24,17(20,21)22)27-14(25)15-6-9-3-10(7-15)5-11(4-9)8-15/h9-12H,1-8H2,(H,23,24). The van der Waals surface area contributed by atoms with Gasteiger partial charge in [0, 0.05) is 6.42 Å². The first-order chi connectivity index (χ1) is 12.5. The average Bonchev–Trinajstić information content (AvgIpc) is 2.50. The smallest absolute Gasteiger partial charge is 0.468 e. The molecule has 0 aromatic heterocycles. The molecule has 4 bridgehead atoms.